The molecule has 28 heavy (non-hydrogen) atoms. The van der Waals surface area contributed by atoms with Gasteiger partial charge in [0.25, 0.3) is 5.70 Å². The van der Waals surface area contributed by atoms with Gasteiger partial charge in [-0.05, 0) is 13.8 Å². The number of oxazole rings is 2. The van der Waals surface area contributed by atoms with Gasteiger partial charge in [-0.1, -0.05) is 0 Å². The molecule has 4 heterocycles. The number of aromatic nitrogens is 4. The van der Waals surface area contributed by atoms with E-state index in [1.165, 1.54) is 24.9 Å². The molecule has 138 valence electrons. The predicted molar refractivity (Wildman–Crippen MR) is 101 cm³/mol. The smallest absolute Gasteiger partial charge is 0.271 e. The van der Waals surface area contributed by atoms with E-state index in [0.717, 1.165) is 22.2 Å². The van der Waals surface area contributed by atoms with Crippen LogP contribution in [-0.2, 0) is 14.1 Å². The zero-order valence-electron chi connectivity index (χ0n) is 15.8. The van der Waals surface area contributed by atoms with Gasteiger partial charge in [-0.15, -0.1) is 0 Å². The molecule has 0 unspecified atom stereocenters. The first-order valence-electron chi connectivity index (χ1n) is 8.47. The van der Waals surface area contributed by atoms with Crippen molar-refractivity contribution in [1.82, 2.24) is 19.1 Å². The van der Waals surface area contributed by atoms with Crippen LogP contribution in [0.15, 0.2) is 33.8 Å². The van der Waals surface area contributed by atoms with Crippen molar-refractivity contribution in [3.63, 3.8) is 0 Å². The van der Waals surface area contributed by atoms with Gasteiger partial charge in [-0.25, -0.2) is 14.8 Å². The minimum absolute atomic E-state index is 0.261. The molecule has 0 N–H and O–H groups in total. The van der Waals surface area contributed by atoms with E-state index in [2.05, 4.69) is 20.9 Å². The normalized spacial score (nSPS) is 13.4. The second kappa shape index (κ2) is 6.29. The molecule has 4 aromatic heterocycles. The molecule has 0 bridgehead atoms. The zero-order valence-corrected chi connectivity index (χ0v) is 15.8. The quantitative estimate of drug-likeness (QED) is 0.502. The largest absolute Gasteiger partial charge is 0.455 e. The third-order valence-electron chi connectivity index (χ3n) is 5.09. The Balaban J connectivity index is 2.33. The molecule has 0 aliphatic rings. The summed E-state index contributed by atoms with van der Waals surface area (Å²) in [6, 6.07) is 2.23. The molecule has 8 nitrogen and oxygen atoms in total. The molecule has 0 aliphatic carbocycles. The summed E-state index contributed by atoms with van der Waals surface area (Å²) in [5.41, 5.74) is 2.48. The Morgan fingerprint density at radius 3 is 2.04 bits per heavy atom. The predicted octanol–water partition coefficient (Wildman–Crippen LogP) is 1.91. The number of hydrogen-bond acceptors (Lipinski definition) is 5. The lowest BCUT2D eigenvalue weighted by Gasteiger charge is -2.04. The summed E-state index contributed by atoms with van der Waals surface area (Å²) < 4.78 is 14.6. The van der Waals surface area contributed by atoms with Crippen LogP contribution in [0.2, 0.25) is 0 Å². The Morgan fingerprint density at radius 2 is 1.54 bits per heavy atom. The highest BCUT2D eigenvalue weighted by Gasteiger charge is 2.23. The molecule has 0 atom stereocenters. The van der Waals surface area contributed by atoms with Gasteiger partial charge in [0.05, 0.1) is 29.7 Å². The Morgan fingerprint density at radius 1 is 1.00 bits per heavy atom. The second-order valence-corrected chi connectivity index (χ2v) is 6.36. The van der Waals surface area contributed by atoms with E-state index in [-0.39, 0.29) is 11.8 Å². The summed E-state index contributed by atoms with van der Waals surface area (Å²) in [6.45, 7) is 11.6. The highest BCUT2D eigenvalue weighted by molar-refractivity contribution is 5.95. The molecule has 0 aromatic carbocycles. The van der Waals surface area contributed by atoms with Crippen molar-refractivity contribution >= 4 is 22.0 Å². The summed E-state index contributed by atoms with van der Waals surface area (Å²) in [6.07, 6.45) is 5.91. The van der Waals surface area contributed by atoms with Gasteiger partial charge in [-0.2, -0.15) is 5.26 Å². The van der Waals surface area contributed by atoms with E-state index >= 15 is 0 Å². The van der Waals surface area contributed by atoms with Crippen LogP contribution in [0.3, 0.4) is 0 Å². The zero-order chi connectivity index (χ0) is 20.0. The summed E-state index contributed by atoms with van der Waals surface area (Å²) in [5, 5.41) is 13.0. The number of aryl methyl sites for hydroxylation is 2. The maximum atomic E-state index is 9.83. The van der Waals surface area contributed by atoms with Crippen LogP contribution in [0.1, 0.15) is 23.2 Å². The Hall–Kier alpha value is -4.04. The van der Waals surface area contributed by atoms with Crippen molar-refractivity contribution in [2.75, 3.05) is 0 Å². The number of nitriles is 1. The van der Waals surface area contributed by atoms with Crippen molar-refractivity contribution in [3.8, 4) is 6.07 Å². The molecule has 0 aliphatic heterocycles. The first-order valence-corrected chi connectivity index (χ1v) is 8.47. The van der Waals surface area contributed by atoms with E-state index in [1.807, 2.05) is 37.1 Å². The average molecular weight is 372 g/mol. The van der Waals surface area contributed by atoms with E-state index in [1.54, 1.807) is 0 Å². The maximum absolute atomic E-state index is 9.83. The first kappa shape index (κ1) is 17.4. The van der Waals surface area contributed by atoms with Crippen LogP contribution in [-0.4, -0.2) is 19.1 Å². The third-order valence-corrected chi connectivity index (χ3v) is 5.09. The van der Waals surface area contributed by atoms with Gasteiger partial charge in [-0.3, -0.25) is 0 Å². The molecule has 0 radical (unpaired) electrons. The standard InChI is InChI=1S/C20H16N6O2/c1-11-14-15(18(26(11)5)16(22-3)20-24-7-9-28-20)12(2)25(4)17(14)13(10-21)19-23-6-8-27-19/h6-9H,1-2,4-5H3/b17-13-,18-16+. The van der Waals surface area contributed by atoms with Gasteiger partial charge in [0.1, 0.15) is 24.2 Å². The molecule has 4 rings (SSSR count). The van der Waals surface area contributed by atoms with Crippen molar-refractivity contribution in [3.05, 3.63) is 70.2 Å². The lowest BCUT2D eigenvalue weighted by atomic mass is 10.1. The van der Waals surface area contributed by atoms with Gasteiger partial charge in [0.15, 0.2) is 0 Å². The lowest BCUT2D eigenvalue weighted by Crippen LogP contribution is -2.21. The highest BCUT2D eigenvalue weighted by Crippen LogP contribution is 2.22. The summed E-state index contributed by atoms with van der Waals surface area (Å²) in [7, 11) is 3.77. The molecule has 4 aromatic rings. The fourth-order valence-electron chi connectivity index (χ4n) is 3.61. The van der Waals surface area contributed by atoms with Crippen LogP contribution in [0.25, 0.3) is 26.9 Å². The van der Waals surface area contributed by atoms with Crippen LogP contribution in [0, 0.1) is 31.8 Å². The molecule has 8 heteroatoms. The van der Waals surface area contributed by atoms with E-state index in [4.69, 9.17) is 15.4 Å². The van der Waals surface area contributed by atoms with Crippen LogP contribution in [0.4, 0.5) is 0 Å². The third kappa shape index (κ3) is 2.22. The van der Waals surface area contributed by atoms with Gasteiger partial charge >= 0.3 is 0 Å². The minimum atomic E-state index is 0.261. The minimum Gasteiger partial charge on any atom is -0.455 e. The number of hydrogen-bond donors (Lipinski definition) is 0. The number of rotatable bonds is 2. The fourth-order valence-corrected chi connectivity index (χ4v) is 3.61. The van der Waals surface area contributed by atoms with Crippen LogP contribution < -0.4 is 10.7 Å². The second-order valence-electron chi connectivity index (χ2n) is 6.36. The van der Waals surface area contributed by atoms with Crippen molar-refractivity contribution in [2.45, 2.75) is 13.8 Å². The van der Waals surface area contributed by atoms with Crippen molar-refractivity contribution in [1.29, 1.82) is 5.26 Å². The van der Waals surface area contributed by atoms with Crippen molar-refractivity contribution in [2.24, 2.45) is 14.1 Å². The summed E-state index contributed by atoms with van der Waals surface area (Å²) in [4.78, 5) is 12.0. The Bertz CT molecular complexity index is 1290. The number of nitrogens with zero attached hydrogens (tertiary/aromatic N) is 6. The van der Waals surface area contributed by atoms with Gasteiger partial charge in [0.2, 0.25) is 11.8 Å². The fraction of sp³-hybridized carbons (Fsp3) is 0.200. The first-order chi connectivity index (χ1) is 13.5. The Labute approximate surface area is 160 Å². The maximum Gasteiger partial charge on any atom is 0.271 e. The summed E-state index contributed by atoms with van der Waals surface area (Å²) >= 11 is 0. The SMILES string of the molecule is [C-]#[N+]/C(c1ncco1)=c1\c2c(C)n(C)/c(=C(/C#N)c3ncco3)c2c(C)n1C. The van der Waals surface area contributed by atoms with Gasteiger partial charge in [0, 0.05) is 36.3 Å². The van der Waals surface area contributed by atoms with E-state index in [0.29, 0.717) is 22.0 Å². The molecule has 0 saturated heterocycles. The van der Waals surface area contributed by atoms with Gasteiger partial charge < -0.3 is 18.0 Å². The molecule has 0 saturated carbocycles. The van der Waals surface area contributed by atoms with Crippen molar-refractivity contribution < 1.29 is 8.83 Å². The molecular weight excluding hydrogens is 356 g/mol. The Kier molecular flexibility index (Phi) is 3.90. The molecule has 0 fully saturated rings. The highest BCUT2D eigenvalue weighted by atomic mass is 16.3. The lowest BCUT2D eigenvalue weighted by molar-refractivity contribution is 0.542. The van der Waals surface area contributed by atoms with Crippen LogP contribution >= 0.6 is 0 Å². The van der Waals surface area contributed by atoms with Crippen LogP contribution in [0.5, 0.6) is 0 Å². The molecular formula is C20H16N6O2. The topological polar surface area (TPSA) is 90.1 Å². The van der Waals surface area contributed by atoms with E-state index < -0.39 is 0 Å². The molecule has 0 spiro atoms. The average Bonchev–Trinajstić information content (AvgIpc) is 3.47. The monoisotopic (exact) mass is 372 g/mol. The van der Waals surface area contributed by atoms with E-state index in [9.17, 15) is 5.26 Å². The molecule has 0 amide bonds. The number of fused-ring (bicyclic) bond motifs is 1. The summed E-state index contributed by atoms with van der Waals surface area (Å²) in [5.74, 6) is 0.524.